The summed E-state index contributed by atoms with van der Waals surface area (Å²) in [5.41, 5.74) is -0.184. The fourth-order valence-corrected chi connectivity index (χ4v) is 2.38. The number of carbonyl (C=O) groups excluding carboxylic acids is 1. The van der Waals surface area contributed by atoms with Crippen molar-refractivity contribution in [2.24, 2.45) is 5.92 Å². The van der Waals surface area contributed by atoms with Crippen LogP contribution in [0.5, 0.6) is 0 Å². The smallest absolute Gasteiger partial charge is 0.164 e. The van der Waals surface area contributed by atoms with E-state index in [0.717, 1.165) is 0 Å². The molecule has 0 amide bonds. The minimum absolute atomic E-state index is 0.119. The minimum atomic E-state index is -0.647. The van der Waals surface area contributed by atoms with Crippen LogP contribution in [-0.4, -0.2) is 36.0 Å². The zero-order valence-corrected chi connectivity index (χ0v) is 11.3. The first kappa shape index (κ1) is 13.0. The summed E-state index contributed by atoms with van der Waals surface area (Å²) in [5, 5.41) is 0. The molecule has 4 heteroatoms. The van der Waals surface area contributed by atoms with Gasteiger partial charge in [0.25, 0.3) is 0 Å². The van der Waals surface area contributed by atoms with Crippen molar-refractivity contribution in [3.05, 3.63) is 0 Å². The molecule has 0 aromatic heterocycles. The SMILES string of the molecule is CC(C)(C)OCC1CC(=O)[C@H]2OC(C)(C)O[C@H]12. The van der Waals surface area contributed by atoms with Gasteiger partial charge in [-0.05, 0) is 34.6 Å². The average Bonchev–Trinajstić information content (AvgIpc) is 2.58. The van der Waals surface area contributed by atoms with Crippen molar-refractivity contribution in [2.75, 3.05) is 6.61 Å². The van der Waals surface area contributed by atoms with E-state index in [2.05, 4.69) is 0 Å². The lowest BCUT2D eigenvalue weighted by Crippen LogP contribution is -2.31. The Morgan fingerprint density at radius 2 is 2.00 bits per heavy atom. The molecule has 2 aliphatic rings. The Kier molecular flexibility index (Phi) is 3.09. The molecule has 0 aromatic rings. The van der Waals surface area contributed by atoms with E-state index in [4.69, 9.17) is 14.2 Å². The summed E-state index contributed by atoms with van der Waals surface area (Å²) in [6.07, 6.45) is -0.0278. The van der Waals surface area contributed by atoms with E-state index in [0.29, 0.717) is 13.0 Å². The number of hydrogen-bond donors (Lipinski definition) is 0. The third-order valence-corrected chi connectivity index (χ3v) is 3.10. The molecule has 1 unspecified atom stereocenters. The van der Waals surface area contributed by atoms with Gasteiger partial charge in [0.15, 0.2) is 11.6 Å². The molecule has 0 aromatic carbocycles. The highest BCUT2D eigenvalue weighted by Crippen LogP contribution is 2.40. The summed E-state index contributed by atoms with van der Waals surface area (Å²) >= 11 is 0. The molecule has 1 saturated heterocycles. The lowest BCUT2D eigenvalue weighted by atomic mass is 10.1. The Hall–Kier alpha value is -0.450. The van der Waals surface area contributed by atoms with Crippen molar-refractivity contribution >= 4 is 5.78 Å². The van der Waals surface area contributed by atoms with E-state index < -0.39 is 11.9 Å². The fraction of sp³-hybridized carbons (Fsp3) is 0.923. The lowest BCUT2D eigenvalue weighted by molar-refractivity contribution is -0.166. The summed E-state index contributed by atoms with van der Waals surface area (Å²) in [5.74, 6) is -0.387. The van der Waals surface area contributed by atoms with Crippen LogP contribution in [-0.2, 0) is 19.0 Å². The molecule has 2 rings (SSSR count). The monoisotopic (exact) mass is 242 g/mol. The molecule has 0 radical (unpaired) electrons. The highest BCUT2D eigenvalue weighted by Gasteiger charge is 2.53. The maximum Gasteiger partial charge on any atom is 0.164 e. The standard InChI is InChI=1S/C13H22O4/c1-12(2,3)15-7-8-6-9(14)11-10(8)16-13(4,5)17-11/h8,10-11H,6-7H2,1-5H3/t8?,10-,11-/m1/s1. The second-order valence-corrected chi connectivity index (χ2v) is 6.37. The van der Waals surface area contributed by atoms with Gasteiger partial charge in [-0.15, -0.1) is 0 Å². The third-order valence-electron chi connectivity index (χ3n) is 3.10. The van der Waals surface area contributed by atoms with Gasteiger partial charge < -0.3 is 14.2 Å². The quantitative estimate of drug-likeness (QED) is 0.742. The molecule has 0 N–H and O–H groups in total. The van der Waals surface area contributed by atoms with Crippen LogP contribution >= 0.6 is 0 Å². The molecule has 1 aliphatic carbocycles. The first-order valence-electron chi connectivity index (χ1n) is 6.20. The van der Waals surface area contributed by atoms with E-state index in [9.17, 15) is 4.79 Å². The van der Waals surface area contributed by atoms with E-state index in [1.54, 1.807) is 0 Å². The molecule has 0 spiro atoms. The predicted molar refractivity (Wildman–Crippen MR) is 62.6 cm³/mol. The van der Waals surface area contributed by atoms with E-state index >= 15 is 0 Å². The molecule has 0 bridgehead atoms. The number of Topliss-reactive ketones (excluding diaryl/α,β-unsaturated/α-hetero) is 1. The maximum absolute atomic E-state index is 11.8. The number of hydrogen-bond acceptors (Lipinski definition) is 4. The molecule has 17 heavy (non-hydrogen) atoms. The van der Waals surface area contributed by atoms with E-state index in [1.165, 1.54) is 0 Å². The normalized spacial score (nSPS) is 36.3. The maximum atomic E-state index is 11.8. The van der Waals surface area contributed by atoms with E-state index in [-0.39, 0.29) is 23.4 Å². The molecule has 1 heterocycles. The van der Waals surface area contributed by atoms with Crippen molar-refractivity contribution in [1.82, 2.24) is 0 Å². The highest BCUT2D eigenvalue weighted by molar-refractivity contribution is 5.86. The van der Waals surface area contributed by atoms with Gasteiger partial charge in [0, 0.05) is 12.3 Å². The van der Waals surface area contributed by atoms with Crippen molar-refractivity contribution in [2.45, 2.75) is 64.6 Å². The molecule has 1 aliphatic heterocycles. The Balaban J connectivity index is 1.99. The summed E-state index contributed by atoms with van der Waals surface area (Å²) < 4.78 is 17.2. The van der Waals surface area contributed by atoms with Crippen LogP contribution in [0.15, 0.2) is 0 Å². The molecule has 2 fully saturated rings. The lowest BCUT2D eigenvalue weighted by Gasteiger charge is -2.25. The topological polar surface area (TPSA) is 44.8 Å². The average molecular weight is 242 g/mol. The van der Waals surface area contributed by atoms with Crippen LogP contribution in [0.4, 0.5) is 0 Å². The molecule has 98 valence electrons. The summed E-state index contributed by atoms with van der Waals surface area (Å²) in [7, 11) is 0. The Bertz CT molecular complexity index is 316. The van der Waals surface area contributed by atoms with E-state index in [1.807, 2.05) is 34.6 Å². The van der Waals surface area contributed by atoms with Gasteiger partial charge in [-0.1, -0.05) is 0 Å². The van der Waals surface area contributed by atoms with Gasteiger partial charge in [0.05, 0.1) is 18.3 Å². The highest BCUT2D eigenvalue weighted by atomic mass is 16.8. The van der Waals surface area contributed by atoms with Crippen molar-refractivity contribution in [3.63, 3.8) is 0 Å². The summed E-state index contributed by atoms with van der Waals surface area (Å²) in [6.45, 7) is 10.3. The minimum Gasteiger partial charge on any atom is -0.375 e. The molecule has 3 atom stereocenters. The van der Waals surface area contributed by atoms with Gasteiger partial charge in [0.1, 0.15) is 6.10 Å². The first-order chi connectivity index (χ1) is 7.68. The third kappa shape index (κ3) is 2.87. The number of rotatable bonds is 2. The van der Waals surface area contributed by atoms with Gasteiger partial charge in [0.2, 0.25) is 0 Å². The van der Waals surface area contributed by atoms with Gasteiger partial charge >= 0.3 is 0 Å². The van der Waals surface area contributed by atoms with Gasteiger partial charge in [-0.25, -0.2) is 0 Å². The van der Waals surface area contributed by atoms with Crippen molar-refractivity contribution in [1.29, 1.82) is 0 Å². The number of carbonyl (C=O) groups is 1. The van der Waals surface area contributed by atoms with Crippen LogP contribution < -0.4 is 0 Å². The van der Waals surface area contributed by atoms with Crippen LogP contribution in [0.25, 0.3) is 0 Å². The second-order valence-electron chi connectivity index (χ2n) is 6.37. The molecule has 1 saturated carbocycles. The Morgan fingerprint density at radius 3 is 2.59 bits per heavy atom. The number of ketones is 1. The van der Waals surface area contributed by atoms with Crippen LogP contribution in [0.3, 0.4) is 0 Å². The fourth-order valence-electron chi connectivity index (χ4n) is 2.38. The van der Waals surface area contributed by atoms with Crippen LogP contribution in [0, 0.1) is 5.92 Å². The molecular weight excluding hydrogens is 220 g/mol. The molecule has 4 nitrogen and oxygen atoms in total. The zero-order valence-electron chi connectivity index (χ0n) is 11.3. The number of fused-ring (bicyclic) bond motifs is 1. The first-order valence-corrected chi connectivity index (χ1v) is 6.20. The zero-order chi connectivity index (χ0) is 12.8. The van der Waals surface area contributed by atoms with Crippen LogP contribution in [0.1, 0.15) is 41.0 Å². The molecular formula is C13H22O4. The van der Waals surface area contributed by atoms with Crippen molar-refractivity contribution in [3.8, 4) is 0 Å². The van der Waals surface area contributed by atoms with Gasteiger partial charge in [-0.2, -0.15) is 0 Å². The Labute approximate surface area is 103 Å². The second kappa shape index (κ2) is 4.04. The Morgan fingerprint density at radius 1 is 1.35 bits per heavy atom. The number of ether oxygens (including phenoxy) is 3. The van der Waals surface area contributed by atoms with Crippen molar-refractivity contribution < 1.29 is 19.0 Å². The van der Waals surface area contributed by atoms with Gasteiger partial charge in [-0.3, -0.25) is 4.79 Å². The predicted octanol–water partition coefficient (Wildman–Crippen LogP) is 1.91. The summed E-state index contributed by atoms with van der Waals surface area (Å²) in [4.78, 5) is 11.8. The summed E-state index contributed by atoms with van der Waals surface area (Å²) in [6, 6.07) is 0. The largest absolute Gasteiger partial charge is 0.375 e. The van der Waals surface area contributed by atoms with Crippen LogP contribution in [0.2, 0.25) is 0 Å².